The Morgan fingerprint density at radius 3 is 2.54 bits per heavy atom. The van der Waals surface area contributed by atoms with Crippen LogP contribution in [0.3, 0.4) is 0 Å². The predicted molar refractivity (Wildman–Crippen MR) is 104 cm³/mol. The Morgan fingerprint density at radius 1 is 1.15 bits per heavy atom. The van der Waals surface area contributed by atoms with Crippen molar-refractivity contribution in [1.29, 1.82) is 0 Å². The molecular weight excluding hydrogens is 350 g/mol. The number of nitrogens with one attached hydrogen (secondary N) is 3. The topological polar surface area (TPSA) is 70.2 Å². The lowest BCUT2D eigenvalue weighted by molar-refractivity contribution is 0.0935. The van der Waals surface area contributed by atoms with Gasteiger partial charge in [0.2, 0.25) is 0 Å². The van der Waals surface area contributed by atoms with Crippen LogP contribution in [0.5, 0.6) is 0 Å². The molecule has 136 valence electrons. The molecule has 2 aromatic rings. The molecule has 0 spiro atoms. The van der Waals surface area contributed by atoms with Gasteiger partial charge < -0.3 is 16.0 Å². The Balaban J connectivity index is 1.65. The number of rotatable bonds is 6. The van der Waals surface area contributed by atoms with Crippen LogP contribution in [0.4, 0.5) is 10.5 Å². The molecular formula is C20H22ClN3O2. The summed E-state index contributed by atoms with van der Waals surface area (Å²) >= 11 is 5.93. The minimum atomic E-state index is -0.238. The zero-order chi connectivity index (χ0) is 18.5. The second-order valence-electron chi connectivity index (χ2n) is 6.44. The molecule has 1 fully saturated rings. The Kier molecular flexibility index (Phi) is 5.78. The average molecular weight is 372 g/mol. The number of hydrogen-bond acceptors (Lipinski definition) is 2. The van der Waals surface area contributed by atoms with E-state index < -0.39 is 0 Å². The molecule has 1 aliphatic carbocycles. The molecule has 0 radical (unpaired) electrons. The summed E-state index contributed by atoms with van der Waals surface area (Å²) in [6.07, 6.45) is 2.81. The second-order valence-corrected chi connectivity index (χ2v) is 6.88. The maximum atomic E-state index is 12.6. The fourth-order valence-corrected chi connectivity index (χ4v) is 2.80. The van der Waals surface area contributed by atoms with Gasteiger partial charge in [-0.1, -0.05) is 36.7 Å². The van der Waals surface area contributed by atoms with E-state index in [4.69, 9.17) is 11.6 Å². The third-order valence-corrected chi connectivity index (χ3v) is 4.53. The highest BCUT2D eigenvalue weighted by Gasteiger charge is 2.23. The highest BCUT2D eigenvalue weighted by atomic mass is 35.5. The monoisotopic (exact) mass is 371 g/mol. The van der Waals surface area contributed by atoms with Crippen molar-refractivity contribution in [3.8, 4) is 0 Å². The van der Waals surface area contributed by atoms with Crippen molar-refractivity contribution in [3.63, 3.8) is 0 Å². The van der Waals surface area contributed by atoms with Crippen molar-refractivity contribution >= 4 is 29.2 Å². The Bertz CT molecular complexity index is 788. The summed E-state index contributed by atoms with van der Waals surface area (Å²) in [7, 11) is 0. The van der Waals surface area contributed by atoms with Crippen LogP contribution in [0.2, 0.25) is 5.02 Å². The zero-order valence-corrected chi connectivity index (χ0v) is 15.3. The van der Waals surface area contributed by atoms with Gasteiger partial charge in [-0.3, -0.25) is 4.79 Å². The van der Waals surface area contributed by atoms with E-state index in [9.17, 15) is 9.59 Å². The lowest BCUT2D eigenvalue weighted by Gasteiger charge is -2.18. The van der Waals surface area contributed by atoms with E-state index in [1.165, 1.54) is 0 Å². The summed E-state index contributed by atoms with van der Waals surface area (Å²) in [6.45, 7) is 2.01. The standard InChI is InChI=1S/C20H22ClN3O2/c1-2-18(13-6-8-15(21)9-7-13)24-19(25)14-4-3-5-17(12-14)23-20(26)22-16-10-11-16/h3-9,12,16,18H,2,10-11H2,1H3,(H,24,25)(H2,22,23,26). The molecule has 3 rings (SSSR count). The van der Waals surface area contributed by atoms with Gasteiger partial charge in [0.05, 0.1) is 6.04 Å². The van der Waals surface area contributed by atoms with Gasteiger partial charge in [0.25, 0.3) is 5.91 Å². The first-order valence-electron chi connectivity index (χ1n) is 8.79. The first-order chi connectivity index (χ1) is 12.5. The van der Waals surface area contributed by atoms with Crippen LogP contribution in [-0.2, 0) is 0 Å². The number of urea groups is 1. The molecule has 1 aliphatic rings. The molecule has 3 N–H and O–H groups in total. The van der Waals surface area contributed by atoms with Crippen molar-refractivity contribution < 1.29 is 9.59 Å². The molecule has 0 aliphatic heterocycles. The van der Waals surface area contributed by atoms with E-state index in [2.05, 4.69) is 16.0 Å². The number of anilines is 1. The Labute approximate surface area is 158 Å². The fraction of sp³-hybridized carbons (Fsp3) is 0.300. The molecule has 6 heteroatoms. The summed E-state index contributed by atoms with van der Waals surface area (Å²) < 4.78 is 0. The van der Waals surface area contributed by atoms with Crippen LogP contribution in [0.25, 0.3) is 0 Å². The van der Waals surface area contributed by atoms with Crippen molar-refractivity contribution in [2.24, 2.45) is 0 Å². The lowest BCUT2D eigenvalue weighted by atomic mass is 10.0. The third-order valence-electron chi connectivity index (χ3n) is 4.28. The minimum absolute atomic E-state index is 0.102. The number of hydrogen-bond donors (Lipinski definition) is 3. The molecule has 5 nitrogen and oxygen atoms in total. The highest BCUT2D eigenvalue weighted by Crippen LogP contribution is 2.21. The molecule has 26 heavy (non-hydrogen) atoms. The first-order valence-corrected chi connectivity index (χ1v) is 9.17. The molecule has 2 aromatic carbocycles. The van der Waals surface area contributed by atoms with Gasteiger partial charge in [-0.25, -0.2) is 4.79 Å². The number of carbonyl (C=O) groups excluding carboxylic acids is 2. The predicted octanol–water partition coefficient (Wildman–Crippen LogP) is 4.51. The van der Waals surface area contributed by atoms with Gasteiger partial charge in [0.15, 0.2) is 0 Å². The number of benzene rings is 2. The van der Waals surface area contributed by atoms with Crippen LogP contribution in [0, 0.1) is 0 Å². The van der Waals surface area contributed by atoms with Gasteiger partial charge in [-0.15, -0.1) is 0 Å². The van der Waals surface area contributed by atoms with E-state index in [1.807, 2.05) is 31.2 Å². The summed E-state index contributed by atoms with van der Waals surface area (Å²) in [5.74, 6) is -0.182. The zero-order valence-electron chi connectivity index (χ0n) is 14.6. The maximum Gasteiger partial charge on any atom is 0.319 e. The summed E-state index contributed by atoms with van der Waals surface area (Å²) in [4.78, 5) is 24.5. The van der Waals surface area contributed by atoms with E-state index in [-0.39, 0.29) is 24.0 Å². The average Bonchev–Trinajstić information content (AvgIpc) is 3.44. The number of carbonyl (C=O) groups is 2. The van der Waals surface area contributed by atoms with Crippen LogP contribution >= 0.6 is 11.6 Å². The summed E-state index contributed by atoms with van der Waals surface area (Å²) in [5, 5.41) is 9.32. The largest absolute Gasteiger partial charge is 0.345 e. The normalized spacial score (nSPS) is 14.4. The molecule has 1 unspecified atom stereocenters. The molecule has 0 aromatic heterocycles. The fourth-order valence-electron chi connectivity index (χ4n) is 2.68. The van der Waals surface area contributed by atoms with Crippen LogP contribution in [-0.4, -0.2) is 18.0 Å². The van der Waals surface area contributed by atoms with E-state index in [0.717, 1.165) is 24.8 Å². The van der Waals surface area contributed by atoms with Gasteiger partial charge in [-0.05, 0) is 55.2 Å². The quantitative estimate of drug-likeness (QED) is 0.699. The lowest BCUT2D eigenvalue weighted by Crippen LogP contribution is -2.31. The second kappa shape index (κ2) is 8.23. The summed E-state index contributed by atoms with van der Waals surface area (Å²) in [6, 6.07) is 14.3. The third kappa shape index (κ3) is 4.99. The highest BCUT2D eigenvalue weighted by molar-refractivity contribution is 6.30. The van der Waals surface area contributed by atoms with Gasteiger partial charge >= 0.3 is 6.03 Å². The van der Waals surface area contributed by atoms with E-state index >= 15 is 0 Å². The first kappa shape index (κ1) is 18.3. The van der Waals surface area contributed by atoms with Crippen molar-refractivity contribution in [1.82, 2.24) is 10.6 Å². The minimum Gasteiger partial charge on any atom is -0.345 e. The molecule has 1 atom stereocenters. The van der Waals surface area contributed by atoms with Crippen molar-refractivity contribution in [2.45, 2.75) is 38.3 Å². The Morgan fingerprint density at radius 2 is 1.88 bits per heavy atom. The molecule has 1 saturated carbocycles. The molecule has 3 amide bonds. The SMILES string of the molecule is CCC(NC(=O)c1cccc(NC(=O)NC2CC2)c1)c1ccc(Cl)cc1. The van der Waals surface area contributed by atoms with E-state index in [0.29, 0.717) is 16.3 Å². The molecule has 0 saturated heterocycles. The van der Waals surface area contributed by atoms with Gasteiger partial charge in [-0.2, -0.15) is 0 Å². The van der Waals surface area contributed by atoms with Gasteiger partial charge in [0.1, 0.15) is 0 Å². The number of amides is 3. The number of halogens is 1. The van der Waals surface area contributed by atoms with Crippen LogP contribution in [0.1, 0.15) is 48.1 Å². The summed E-state index contributed by atoms with van der Waals surface area (Å²) in [5.41, 5.74) is 2.10. The Hall–Kier alpha value is -2.53. The molecule has 0 heterocycles. The van der Waals surface area contributed by atoms with Crippen molar-refractivity contribution in [2.75, 3.05) is 5.32 Å². The smallest absolute Gasteiger partial charge is 0.319 e. The molecule has 0 bridgehead atoms. The maximum absolute atomic E-state index is 12.6. The van der Waals surface area contributed by atoms with Crippen LogP contribution in [0.15, 0.2) is 48.5 Å². The van der Waals surface area contributed by atoms with Gasteiger partial charge in [0, 0.05) is 22.3 Å². The van der Waals surface area contributed by atoms with E-state index in [1.54, 1.807) is 24.3 Å². The van der Waals surface area contributed by atoms with Crippen molar-refractivity contribution in [3.05, 3.63) is 64.7 Å². The van der Waals surface area contributed by atoms with Crippen LogP contribution < -0.4 is 16.0 Å².